The molecule has 0 aromatic rings. The van der Waals surface area contributed by atoms with Crippen LogP contribution in [-0.4, -0.2) is 38.4 Å². The van der Waals surface area contributed by atoms with E-state index < -0.39 is 11.9 Å². The van der Waals surface area contributed by atoms with E-state index in [1.54, 1.807) is 6.08 Å². The molecule has 5 heteroatoms. The van der Waals surface area contributed by atoms with Crippen LogP contribution in [0.1, 0.15) is 51.9 Å². The molecule has 0 aromatic carbocycles. The van der Waals surface area contributed by atoms with Crippen LogP contribution in [0, 0.1) is 0 Å². The number of esters is 2. The van der Waals surface area contributed by atoms with E-state index in [1.165, 1.54) is 39.9 Å². The summed E-state index contributed by atoms with van der Waals surface area (Å²) >= 11 is 0. The van der Waals surface area contributed by atoms with Gasteiger partial charge in [0.1, 0.15) is 6.10 Å². The van der Waals surface area contributed by atoms with Crippen LogP contribution >= 0.6 is 0 Å². The molecular formula is C16H26O5. The molecule has 5 nitrogen and oxygen atoms in total. The molecule has 0 saturated carbocycles. The minimum atomic E-state index is -0.502. The third kappa shape index (κ3) is 6.76. The lowest BCUT2D eigenvalue weighted by molar-refractivity contribution is -0.143. The summed E-state index contributed by atoms with van der Waals surface area (Å²) in [6.07, 6.45) is 8.85. The summed E-state index contributed by atoms with van der Waals surface area (Å²) in [5, 5.41) is 0. The molecule has 0 amide bonds. The van der Waals surface area contributed by atoms with E-state index in [0.29, 0.717) is 5.57 Å². The van der Waals surface area contributed by atoms with Crippen LogP contribution in [0.5, 0.6) is 0 Å². The molecule has 1 aliphatic rings. The van der Waals surface area contributed by atoms with Gasteiger partial charge in [0.05, 0.1) is 26.7 Å². The van der Waals surface area contributed by atoms with E-state index in [0.717, 1.165) is 12.8 Å². The Bertz CT molecular complexity index is 375. The maximum absolute atomic E-state index is 11.6. The van der Waals surface area contributed by atoms with Gasteiger partial charge in [0.25, 0.3) is 0 Å². The first kappa shape index (κ1) is 17.7. The maximum atomic E-state index is 11.6. The minimum absolute atomic E-state index is 0.0741. The first-order chi connectivity index (χ1) is 10.1. The first-order valence-corrected chi connectivity index (χ1v) is 7.63. The van der Waals surface area contributed by atoms with Gasteiger partial charge >= 0.3 is 11.9 Å². The fraction of sp³-hybridized carbons (Fsp3) is 0.750. The van der Waals surface area contributed by atoms with Crippen molar-refractivity contribution in [2.24, 2.45) is 0 Å². The average molecular weight is 298 g/mol. The Morgan fingerprint density at radius 1 is 1.10 bits per heavy atom. The lowest BCUT2D eigenvalue weighted by Crippen LogP contribution is -2.12. The molecule has 1 saturated heterocycles. The Morgan fingerprint density at radius 3 is 2.43 bits per heavy atom. The summed E-state index contributed by atoms with van der Waals surface area (Å²) in [4.78, 5) is 22.9. The van der Waals surface area contributed by atoms with Crippen molar-refractivity contribution in [2.75, 3.05) is 14.2 Å². The summed E-state index contributed by atoms with van der Waals surface area (Å²) in [5.41, 5.74) is 0.308. The minimum Gasteiger partial charge on any atom is -0.469 e. The molecule has 1 fully saturated rings. The third-order valence-electron chi connectivity index (χ3n) is 3.59. The van der Waals surface area contributed by atoms with Gasteiger partial charge in [-0.15, -0.1) is 0 Å². The van der Waals surface area contributed by atoms with Crippen LogP contribution < -0.4 is 0 Å². The second-order valence-electron chi connectivity index (χ2n) is 5.28. The molecule has 0 aromatic heterocycles. The van der Waals surface area contributed by atoms with E-state index in [-0.39, 0.29) is 18.6 Å². The smallest absolute Gasteiger partial charge is 0.334 e. The van der Waals surface area contributed by atoms with Crippen molar-refractivity contribution in [3.8, 4) is 0 Å². The van der Waals surface area contributed by atoms with Gasteiger partial charge in [0, 0.05) is 5.57 Å². The van der Waals surface area contributed by atoms with Gasteiger partial charge in [-0.3, -0.25) is 4.79 Å². The fourth-order valence-electron chi connectivity index (χ4n) is 2.24. The predicted octanol–water partition coefficient (Wildman–Crippen LogP) is 2.78. The van der Waals surface area contributed by atoms with E-state index in [9.17, 15) is 9.59 Å². The number of carbonyl (C=O) groups excluding carboxylic acids is 2. The molecule has 2 atom stereocenters. The molecule has 1 heterocycles. The number of rotatable bonds is 10. The van der Waals surface area contributed by atoms with Crippen molar-refractivity contribution in [3.05, 3.63) is 11.6 Å². The Balaban J connectivity index is 2.37. The molecule has 0 aliphatic carbocycles. The average Bonchev–Trinajstić information content (AvgIpc) is 3.23. The number of methoxy groups -OCH3 is 2. The second-order valence-corrected chi connectivity index (χ2v) is 5.28. The molecule has 0 unspecified atom stereocenters. The molecule has 0 spiro atoms. The summed E-state index contributed by atoms with van der Waals surface area (Å²) in [6, 6.07) is 0. The zero-order valence-electron chi connectivity index (χ0n) is 13.2. The van der Waals surface area contributed by atoms with Crippen LogP contribution in [-0.2, 0) is 23.8 Å². The quantitative estimate of drug-likeness (QED) is 0.268. The second kappa shape index (κ2) is 9.55. The van der Waals surface area contributed by atoms with Crippen molar-refractivity contribution in [3.63, 3.8) is 0 Å². The van der Waals surface area contributed by atoms with Gasteiger partial charge in [0.2, 0.25) is 0 Å². The van der Waals surface area contributed by atoms with E-state index >= 15 is 0 Å². The van der Waals surface area contributed by atoms with Crippen LogP contribution in [0.15, 0.2) is 11.6 Å². The summed E-state index contributed by atoms with van der Waals surface area (Å²) in [5.74, 6) is -0.957. The Morgan fingerprint density at radius 2 is 1.81 bits per heavy atom. The van der Waals surface area contributed by atoms with Gasteiger partial charge in [-0.05, 0) is 12.5 Å². The molecule has 21 heavy (non-hydrogen) atoms. The first-order valence-electron chi connectivity index (χ1n) is 7.63. The molecule has 0 N–H and O–H groups in total. The van der Waals surface area contributed by atoms with Gasteiger partial charge in [-0.2, -0.15) is 0 Å². The van der Waals surface area contributed by atoms with Crippen molar-refractivity contribution in [2.45, 2.75) is 64.1 Å². The molecular weight excluding hydrogens is 272 g/mol. The van der Waals surface area contributed by atoms with E-state index in [4.69, 9.17) is 4.74 Å². The summed E-state index contributed by atoms with van der Waals surface area (Å²) in [7, 11) is 2.59. The lowest BCUT2D eigenvalue weighted by Gasteiger charge is -2.03. The monoisotopic (exact) mass is 298 g/mol. The normalized spacial score (nSPS) is 21.0. The zero-order chi connectivity index (χ0) is 15.7. The van der Waals surface area contributed by atoms with Crippen molar-refractivity contribution >= 4 is 11.9 Å². The summed E-state index contributed by atoms with van der Waals surface area (Å²) < 4.78 is 14.8. The zero-order valence-corrected chi connectivity index (χ0v) is 13.2. The highest BCUT2D eigenvalue weighted by Crippen LogP contribution is 2.30. The highest BCUT2D eigenvalue weighted by Gasteiger charge is 2.37. The maximum Gasteiger partial charge on any atom is 0.334 e. The highest BCUT2D eigenvalue weighted by atomic mass is 16.6. The Hall–Kier alpha value is -1.36. The number of ether oxygens (including phenoxy) is 3. The van der Waals surface area contributed by atoms with Crippen LogP contribution in [0.4, 0.5) is 0 Å². The lowest BCUT2D eigenvalue weighted by atomic mass is 10.1. The Labute approximate surface area is 126 Å². The van der Waals surface area contributed by atoms with Gasteiger partial charge in [-0.25, -0.2) is 4.79 Å². The molecule has 0 radical (unpaired) electrons. The van der Waals surface area contributed by atoms with Gasteiger partial charge in [0.15, 0.2) is 0 Å². The van der Waals surface area contributed by atoms with E-state index in [1.807, 2.05) is 0 Å². The molecule has 120 valence electrons. The SMILES string of the molecule is CCCCCCC[C@@H]1O[C@H]1/C=C(\CC(=O)OC)C(=O)OC. The van der Waals surface area contributed by atoms with Crippen molar-refractivity contribution in [1.29, 1.82) is 0 Å². The van der Waals surface area contributed by atoms with Gasteiger partial charge < -0.3 is 14.2 Å². The Kier molecular flexibility index (Phi) is 8.05. The van der Waals surface area contributed by atoms with Crippen molar-refractivity contribution in [1.82, 2.24) is 0 Å². The number of hydrogen-bond acceptors (Lipinski definition) is 5. The number of hydrogen-bond donors (Lipinski definition) is 0. The standard InChI is InChI=1S/C16H26O5/c1-4-5-6-7-8-9-13-14(21-13)10-12(16(18)20-3)11-15(17)19-2/h10,13-14H,4-9,11H2,1-3H3/b12-10+/t13-,14-/m0/s1. The van der Waals surface area contributed by atoms with Crippen LogP contribution in [0.3, 0.4) is 0 Å². The number of carbonyl (C=O) groups is 2. The summed E-state index contributed by atoms with van der Waals surface area (Å²) in [6.45, 7) is 2.19. The molecule has 0 bridgehead atoms. The number of epoxide rings is 1. The van der Waals surface area contributed by atoms with Crippen LogP contribution in [0.25, 0.3) is 0 Å². The predicted molar refractivity (Wildman–Crippen MR) is 78.8 cm³/mol. The largest absolute Gasteiger partial charge is 0.469 e. The topological polar surface area (TPSA) is 65.1 Å². The third-order valence-corrected chi connectivity index (χ3v) is 3.59. The van der Waals surface area contributed by atoms with Gasteiger partial charge in [-0.1, -0.05) is 39.0 Å². The highest BCUT2D eigenvalue weighted by molar-refractivity contribution is 5.93. The van der Waals surface area contributed by atoms with Crippen molar-refractivity contribution < 1.29 is 23.8 Å². The van der Waals surface area contributed by atoms with Crippen LogP contribution in [0.2, 0.25) is 0 Å². The van der Waals surface area contributed by atoms with E-state index in [2.05, 4.69) is 16.4 Å². The molecule has 1 aliphatic heterocycles. The fourth-order valence-corrected chi connectivity index (χ4v) is 2.24. The molecule has 1 rings (SSSR count). The number of unbranched alkanes of at least 4 members (excludes halogenated alkanes) is 4.